The molecule has 0 aromatic rings. The summed E-state index contributed by atoms with van der Waals surface area (Å²) < 4.78 is 15.9. The second-order valence-electron chi connectivity index (χ2n) is 6.52. The summed E-state index contributed by atoms with van der Waals surface area (Å²) in [5.41, 5.74) is 0.0594. The molecule has 0 bridgehead atoms. The number of nitrogens with zero attached hydrogens (tertiary/aromatic N) is 1. The maximum absolute atomic E-state index is 12.6. The highest BCUT2D eigenvalue weighted by Gasteiger charge is 2.54. The van der Waals surface area contributed by atoms with Crippen LogP contribution in [0.1, 0.15) is 34.6 Å². The smallest absolute Gasteiger partial charge is 0.355 e. The van der Waals surface area contributed by atoms with Crippen molar-refractivity contribution in [1.82, 2.24) is 4.90 Å². The Bertz CT molecular complexity index is 580. The minimum Gasteiger partial charge on any atom is -0.461 e. The zero-order chi connectivity index (χ0) is 18.1. The van der Waals surface area contributed by atoms with Crippen LogP contribution in [0.25, 0.3) is 0 Å². The molecule has 0 radical (unpaired) electrons. The number of esters is 2. The number of β-lactam (4-membered cyclic amide) rings is 1. The largest absolute Gasteiger partial charge is 0.461 e. The van der Waals surface area contributed by atoms with Crippen LogP contribution >= 0.6 is 11.8 Å². The first-order chi connectivity index (χ1) is 11.2. The second-order valence-corrected chi connectivity index (χ2v) is 7.63. The standard InChI is InChI=1S/C16H23NO6S/c1-6-21-12-13(19)17-11(15(20)23-16(3,4)5)10(7-22-9(2)18)8-24-14(12)17/h12,14H,6-8H2,1-5H3/t12-,14+/m0/s1. The van der Waals surface area contributed by atoms with Crippen molar-refractivity contribution in [3.63, 3.8) is 0 Å². The number of carbonyl (C=O) groups is 3. The van der Waals surface area contributed by atoms with Gasteiger partial charge in [0, 0.05) is 24.9 Å². The van der Waals surface area contributed by atoms with Crippen molar-refractivity contribution >= 4 is 29.6 Å². The minimum absolute atomic E-state index is 0.0350. The van der Waals surface area contributed by atoms with Gasteiger partial charge in [-0.15, -0.1) is 11.8 Å². The molecule has 0 N–H and O–H groups in total. The number of amides is 1. The molecular weight excluding hydrogens is 334 g/mol. The highest BCUT2D eigenvalue weighted by atomic mass is 32.2. The predicted molar refractivity (Wildman–Crippen MR) is 88.0 cm³/mol. The van der Waals surface area contributed by atoms with Crippen LogP contribution < -0.4 is 0 Å². The predicted octanol–water partition coefficient (Wildman–Crippen LogP) is 1.47. The zero-order valence-electron chi connectivity index (χ0n) is 14.6. The van der Waals surface area contributed by atoms with Crippen molar-refractivity contribution in [2.24, 2.45) is 0 Å². The molecule has 1 saturated heterocycles. The first-order valence-corrected chi connectivity index (χ1v) is 8.85. The molecule has 7 nitrogen and oxygen atoms in total. The molecule has 0 aromatic carbocycles. The van der Waals surface area contributed by atoms with Gasteiger partial charge in [-0.1, -0.05) is 0 Å². The summed E-state index contributed by atoms with van der Waals surface area (Å²) in [6.45, 7) is 8.78. The molecule has 1 amide bonds. The van der Waals surface area contributed by atoms with E-state index in [1.165, 1.54) is 23.6 Å². The molecule has 2 atom stereocenters. The van der Waals surface area contributed by atoms with Gasteiger partial charge in [-0.05, 0) is 27.7 Å². The Hall–Kier alpha value is -1.54. The van der Waals surface area contributed by atoms with E-state index in [2.05, 4.69) is 0 Å². The maximum Gasteiger partial charge on any atom is 0.355 e. The third kappa shape index (κ3) is 3.92. The quantitative estimate of drug-likeness (QED) is 0.544. The fourth-order valence-corrected chi connectivity index (χ4v) is 3.78. The topological polar surface area (TPSA) is 82.1 Å². The molecule has 2 aliphatic rings. The summed E-state index contributed by atoms with van der Waals surface area (Å²) in [4.78, 5) is 37.5. The molecule has 0 unspecified atom stereocenters. The molecular formula is C16H23NO6S. The molecule has 0 spiro atoms. The van der Waals surface area contributed by atoms with Crippen LogP contribution in [0.4, 0.5) is 0 Å². The Kier molecular flexibility index (Phi) is 5.59. The average Bonchev–Trinajstić information content (AvgIpc) is 2.47. The minimum atomic E-state index is -0.691. The van der Waals surface area contributed by atoms with E-state index >= 15 is 0 Å². The van der Waals surface area contributed by atoms with Crippen molar-refractivity contribution < 1.29 is 28.6 Å². The Labute approximate surface area is 145 Å². The maximum atomic E-state index is 12.6. The summed E-state index contributed by atoms with van der Waals surface area (Å²) in [6, 6.07) is 0. The van der Waals surface area contributed by atoms with Gasteiger partial charge in [-0.25, -0.2) is 4.79 Å². The van der Waals surface area contributed by atoms with Crippen LogP contribution in [0.3, 0.4) is 0 Å². The summed E-state index contributed by atoms with van der Waals surface area (Å²) in [6.07, 6.45) is -0.548. The number of rotatable bonds is 5. The second kappa shape index (κ2) is 7.14. The van der Waals surface area contributed by atoms with Gasteiger partial charge in [0.05, 0.1) is 0 Å². The van der Waals surface area contributed by atoms with Gasteiger partial charge in [0.1, 0.15) is 23.3 Å². The third-order valence-corrected chi connectivity index (χ3v) is 4.70. The van der Waals surface area contributed by atoms with Crippen LogP contribution in [0, 0.1) is 0 Å². The molecule has 1 fully saturated rings. The van der Waals surface area contributed by atoms with Gasteiger partial charge in [-0.2, -0.15) is 0 Å². The first kappa shape index (κ1) is 18.8. The number of ether oxygens (including phenoxy) is 3. The number of hydrogen-bond acceptors (Lipinski definition) is 7. The molecule has 2 aliphatic heterocycles. The molecule has 2 rings (SSSR count). The summed E-state index contributed by atoms with van der Waals surface area (Å²) in [7, 11) is 0. The van der Waals surface area contributed by atoms with E-state index in [1.54, 1.807) is 20.8 Å². The number of thioether (sulfide) groups is 1. The van der Waals surface area contributed by atoms with E-state index in [4.69, 9.17) is 14.2 Å². The van der Waals surface area contributed by atoms with Gasteiger partial charge in [0.25, 0.3) is 5.91 Å². The van der Waals surface area contributed by atoms with Gasteiger partial charge in [0.2, 0.25) is 0 Å². The highest BCUT2D eigenvalue weighted by Crippen LogP contribution is 2.42. The van der Waals surface area contributed by atoms with E-state index in [0.29, 0.717) is 17.9 Å². The monoisotopic (exact) mass is 357 g/mol. The molecule has 0 aliphatic carbocycles. The van der Waals surface area contributed by atoms with Crippen LogP contribution in [-0.2, 0) is 28.6 Å². The molecule has 24 heavy (non-hydrogen) atoms. The fourth-order valence-electron chi connectivity index (χ4n) is 2.46. The van der Waals surface area contributed by atoms with Crippen LogP contribution in [0.2, 0.25) is 0 Å². The van der Waals surface area contributed by atoms with Crippen LogP contribution in [-0.4, -0.2) is 58.8 Å². The molecule has 2 heterocycles. The average molecular weight is 357 g/mol. The normalized spacial score (nSPS) is 23.5. The van der Waals surface area contributed by atoms with Crippen molar-refractivity contribution in [3.8, 4) is 0 Å². The molecule has 8 heteroatoms. The van der Waals surface area contributed by atoms with Crippen molar-refractivity contribution in [3.05, 3.63) is 11.3 Å². The van der Waals surface area contributed by atoms with Crippen molar-refractivity contribution in [2.45, 2.75) is 51.7 Å². The van der Waals surface area contributed by atoms with E-state index in [1.807, 2.05) is 6.92 Å². The molecule has 0 saturated carbocycles. The lowest BCUT2D eigenvalue weighted by Crippen LogP contribution is -2.66. The van der Waals surface area contributed by atoms with Gasteiger partial charge >= 0.3 is 11.9 Å². The van der Waals surface area contributed by atoms with E-state index in [9.17, 15) is 14.4 Å². The summed E-state index contributed by atoms with van der Waals surface area (Å²) in [5, 5.41) is -0.249. The lowest BCUT2D eigenvalue weighted by molar-refractivity contribution is -0.168. The zero-order valence-corrected chi connectivity index (χ0v) is 15.4. The Morgan fingerprint density at radius 2 is 2.00 bits per heavy atom. The Morgan fingerprint density at radius 1 is 1.33 bits per heavy atom. The Balaban J connectivity index is 2.29. The lowest BCUT2D eigenvalue weighted by Gasteiger charge is -2.49. The number of carbonyl (C=O) groups excluding carboxylic acids is 3. The molecule has 0 aromatic heterocycles. The number of fused-ring (bicyclic) bond motifs is 1. The summed E-state index contributed by atoms with van der Waals surface area (Å²) in [5.74, 6) is -0.825. The van der Waals surface area contributed by atoms with Gasteiger partial charge in [-0.3, -0.25) is 14.5 Å². The van der Waals surface area contributed by atoms with E-state index in [0.717, 1.165) is 0 Å². The van der Waals surface area contributed by atoms with Crippen molar-refractivity contribution in [1.29, 1.82) is 0 Å². The van der Waals surface area contributed by atoms with Crippen molar-refractivity contribution in [2.75, 3.05) is 19.0 Å². The summed E-state index contributed by atoms with van der Waals surface area (Å²) >= 11 is 1.49. The highest BCUT2D eigenvalue weighted by molar-refractivity contribution is 8.00. The SMILES string of the molecule is CCO[C@H]1C(=O)N2C(C(=O)OC(C)(C)C)=C(COC(C)=O)CS[C@H]12. The first-order valence-electron chi connectivity index (χ1n) is 7.80. The van der Waals surface area contributed by atoms with E-state index in [-0.39, 0.29) is 23.6 Å². The fraction of sp³-hybridized carbons (Fsp3) is 0.688. The van der Waals surface area contributed by atoms with E-state index < -0.39 is 23.6 Å². The number of hydrogen-bond donors (Lipinski definition) is 0. The lowest BCUT2D eigenvalue weighted by atomic mass is 10.0. The third-order valence-electron chi connectivity index (χ3n) is 3.39. The van der Waals surface area contributed by atoms with Gasteiger partial charge < -0.3 is 14.2 Å². The van der Waals surface area contributed by atoms with Gasteiger partial charge in [0.15, 0.2) is 6.10 Å². The Morgan fingerprint density at radius 3 is 2.54 bits per heavy atom. The molecule has 134 valence electrons. The van der Waals surface area contributed by atoms with Crippen LogP contribution in [0.15, 0.2) is 11.3 Å². The van der Waals surface area contributed by atoms with Crippen LogP contribution in [0.5, 0.6) is 0 Å².